The number of benzene rings is 1. The van der Waals surface area contributed by atoms with Gasteiger partial charge in [-0.05, 0) is 30.3 Å². The molecule has 2 aromatic heterocycles. The van der Waals surface area contributed by atoms with Gasteiger partial charge in [-0.15, -0.1) is 5.10 Å². The topological polar surface area (TPSA) is 81.9 Å². The van der Waals surface area contributed by atoms with Crippen molar-refractivity contribution >= 4 is 11.9 Å². The molecule has 0 aliphatic heterocycles. The van der Waals surface area contributed by atoms with Gasteiger partial charge in [-0.3, -0.25) is 19.8 Å². The fourth-order valence-corrected chi connectivity index (χ4v) is 1.81. The van der Waals surface area contributed by atoms with Gasteiger partial charge in [0.05, 0.1) is 6.20 Å². The van der Waals surface area contributed by atoms with E-state index < -0.39 is 0 Å². The Labute approximate surface area is 126 Å². The van der Waals surface area contributed by atoms with Crippen molar-refractivity contribution in [3.8, 4) is 11.5 Å². The number of anilines is 1. The number of hydrogen-bond acceptors (Lipinski definition) is 5. The summed E-state index contributed by atoms with van der Waals surface area (Å²) in [6, 6.07) is 10.4. The standard InChI is InChI=1S/C15H13N5O2/c1-20-10-17-15(19-20)18-14(21)11-4-2-5-12(8-11)22-13-6-3-7-16-9-13/h2-10H,1H3,(H,18,19,21). The van der Waals surface area contributed by atoms with Crippen LogP contribution in [0.3, 0.4) is 0 Å². The third-order valence-electron chi connectivity index (χ3n) is 2.79. The third kappa shape index (κ3) is 3.26. The lowest BCUT2D eigenvalue weighted by Gasteiger charge is -2.07. The number of amides is 1. The number of aromatic nitrogens is 4. The molecule has 0 fully saturated rings. The van der Waals surface area contributed by atoms with Crippen molar-refractivity contribution in [2.45, 2.75) is 0 Å². The van der Waals surface area contributed by atoms with E-state index in [9.17, 15) is 4.79 Å². The van der Waals surface area contributed by atoms with E-state index in [1.54, 1.807) is 55.8 Å². The van der Waals surface area contributed by atoms with E-state index in [2.05, 4.69) is 20.4 Å². The summed E-state index contributed by atoms with van der Waals surface area (Å²) in [6.07, 6.45) is 4.78. The molecule has 0 saturated heterocycles. The molecule has 0 radical (unpaired) electrons. The molecule has 0 bridgehead atoms. The Bertz CT molecular complexity index is 785. The predicted molar refractivity (Wildman–Crippen MR) is 79.7 cm³/mol. The van der Waals surface area contributed by atoms with Crippen LogP contribution >= 0.6 is 0 Å². The molecule has 1 amide bonds. The fraction of sp³-hybridized carbons (Fsp3) is 0.0667. The minimum atomic E-state index is -0.303. The highest BCUT2D eigenvalue weighted by Crippen LogP contribution is 2.21. The number of carbonyl (C=O) groups is 1. The van der Waals surface area contributed by atoms with Gasteiger partial charge < -0.3 is 4.74 Å². The lowest BCUT2D eigenvalue weighted by molar-refractivity contribution is 0.102. The number of ether oxygens (including phenoxy) is 1. The Hall–Kier alpha value is -3.22. The van der Waals surface area contributed by atoms with Crippen LogP contribution in [0, 0.1) is 0 Å². The molecule has 0 aliphatic rings. The van der Waals surface area contributed by atoms with Crippen LogP contribution in [-0.2, 0) is 7.05 Å². The number of carbonyl (C=O) groups excluding carboxylic acids is 1. The number of aryl methyl sites for hydroxylation is 1. The van der Waals surface area contributed by atoms with Gasteiger partial charge in [0.2, 0.25) is 5.95 Å². The summed E-state index contributed by atoms with van der Waals surface area (Å²) in [6.45, 7) is 0. The van der Waals surface area contributed by atoms with Gasteiger partial charge in [0.15, 0.2) is 0 Å². The van der Waals surface area contributed by atoms with E-state index in [1.165, 1.54) is 11.0 Å². The molecule has 7 heteroatoms. The number of pyridine rings is 1. The molecule has 0 spiro atoms. The number of nitrogens with zero attached hydrogens (tertiary/aromatic N) is 4. The largest absolute Gasteiger partial charge is 0.456 e. The van der Waals surface area contributed by atoms with E-state index in [0.29, 0.717) is 17.1 Å². The van der Waals surface area contributed by atoms with Crippen LogP contribution in [0.1, 0.15) is 10.4 Å². The zero-order valence-corrected chi connectivity index (χ0v) is 11.8. The summed E-state index contributed by atoms with van der Waals surface area (Å²) in [5.41, 5.74) is 0.453. The zero-order valence-electron chi connectivity index (χ0n) is 11.8. The molecular weight excluding hydrogens is 282 g/mol. The molecule has 0 aliphatic carbocycles. The first-order valence-electron chi connectivity index (χ1n) is 6.55. The Morgan fingerprint density at radius 2 is 2.09 bits per heavy atom. The molecule has 0 saturated carbocycles. The maximum atomic E-state index is 12.2. The Morgan fingerprint density at radius 3 is 2.82 bits per heavy atom. The Balaban J connectivity index is 1.74. The second-order valence-electron chi connectivity index (χ2n) is 4.51. The van der Waals surface area contributed by atoms with Gasteiger partial charge in [-0.25, -0.2) is 4.98 Å². The van der Waals surface area contributed by atoms with Crippen molar-refractivity contribution in [2.75, 3.05) is 5.32 Å². The van der Waals surface area contributed by atoms with Crippen LogP contribution in [0.15, 0.2) is 55.1 Å². The first kappa shape index (κ1) is 13.7. The third-order valence-corrected chi connectivity index (χ3v) is 2.79. The van der Waals surface area contributed by atoms with Crippen LogP contribution in [-0.4, -0.2) is 25.7 Å². The van der Waals surface area contributed by atoms with Crippen LogP contribution in [0.2, 0.25) is 0 Å². The van der Waals surface area contributed by atoms with E-state index in [1.807, 2.05) is 0 Å². The van der Waals surface area contributed by atoms with Crippen molar-refractivity contribution in [1.29, 1.82) is 0 Å². The maximum Gasteiger partial charge on any atom is 0.258 e. The van der Waals surface area contributed by atoms with Crippen molar-refractivity contribution in [1.82, 2.24) is 19.7 Å². The SMILES string of the molecule is Cn1cnc(NC(=O)c2cccc(Oc3cccnc3)c2)n1. The number of hydrogen-bond donors (Lipinski definition) is 1. The van der Waals surface area contributed by atoms with Crippen molar-refractivity contribution < 1.29 is 9.53 Å². The van der Waals surface area contributed by atoms with Crippen molar-refractivity contribution in [2.24, 2.45) is 7.05 Å². The predicted octanol–water partition coefficient (Wildman–Crippen LogP) is 2.25. The van der Waals surface area contributed by atoms with Crippen molar-refractivity contribution in [3.63, 3.8) is 0 Å². The lowest BCUT2D eigenvalue weighted by Crippen LogP contribution is -2.13. The van der Waals surface area contributed by atoms with Gasteiger partial charge in [0, 0.05) is 18.8 Å². The lowest BCUT2D eigenvalue weighted by atomic mass is 10.2. The smallest absolute Gasteiger partial charge is 0.258 e. The molecular formula is C15H13N5O2. The normalized spacial score (nSPS) is 10.2. The molecule has 110 valence electrons. The second-order valence-corrected chi connectivity index (χ2v) is 4.51. The van der Waals surface area contributed by atoms with Gasteiger partial charge in [0.25, 0.3) is 5.91 Å². The highest BCUT2D eigenvalue weighted by Gasteiger charge is 2.10. The summed E-state index contributed by atoms with van der Waals surface area (Å²) < 4.78 is 7.16. The monoisotopic (exact) mass is 295 g/mol. The summed E-state index contributed by atoms with van der Waals surface area (Å²) in [7, 11) is 1.73. The Morgan fingerprint density at radius 1 is 1.23 bits per heavy atom. The second kappa shape index (κ2) is 6.04. The number of rotatable bonds is 4. The minimum Gasteiger partial charge on any atom is -0.456 e. The number of nitrogens with one attached hydrogen (secondary N) is 1. The molecule has 1 N–H and O–H groups in total. The zero-order chi connectivity index (χ0) is 15.4. The molecule has 0 atom stereocenters. The van der Waals surface area contributed by atoms with Gasteiger partial charge in [-0.1, -0.05) is 6.07 Å². The van der Waals surface area contributed by atoms with E-state index >= 15 is 0 Å². The molecule has 3 aromatic rings. The van der Waals surface area contributed by atoms with Crippen LogP contribution in [0.25, 0.3) is 0 Å². The maximum absolute atomic E-state index is 12.2. The fourth-order valence-electron chi connectivity index (χ4n) is 1.81. The molecule has 7 nitrogen and oxygen atoms in total. The average Bonchev–Trinajstić information content (AvgIpc) is 2.93. The van der Waals surface area contributed by atoms with Gasteiger partial charge >= 0.3 is 0 Å². The van der Waals surface area contributed by atoms with Crippen molar-refractivity contribution in [3.05, 3.63) is 60.7 Å². The van der Waals surface area contributed by atoms with E-state index in [-0.39, 0.29) is 11.9 Å². The van der Waals surface area contributed by atoms with Gasteiger partial charge in [0.1, 0.15) is 17.8 Å². The molecule has 3 rings (SSSR count). The van der Waals surface area contributed by atoms with Crippen LogP contribution in [0.5, 0.6) is 11.5 Å². The molecule has 22 heavy (non-hydrogen) atoms. The minimum absolute atomic E-state index is 0.256. The highest BCUT2D eigenvalue weighted by molar-refractivity contribution is 6.03. The highest BCUT2D eigenvalue weighted by atomic mass is 16.5. The summed E-state index contributed by atoms with van der Waals surface area (Å²) in [4.78, 5) is 20.1. The van der Waals surface area contributed by atoms with Crippen LogP contribution in [0.4, 0.5) is 5.95 Å². The first-order chi connectivity index (χ1) is 10.7. The van der Waals surface area contributed by atoms with Gasteiger partial charge in [-0.2, -0.15) is 0 Å². The first-order valence-corrected chi connectivity index (χ1v) is 6.55. The Kier molecular flexibility index (Phi) is 3.78. The molecule has 1 aromatic carbocycles. The summed E-state index contributed by atoms with van der Waals surface area (Å²) in [5.74, 6) is 1.11. The van der Waals surface area contributed by atoms with E-state index in [4.69, 9.17) is 4.74 Å². The summed E-state index contributed by atoms with van der Waals surface area (Å²) in [5, 5.41) is 6.62. The molecule has 0 unspecified atom stereocenters. The summed E-state index contributed by atoms with van der Waals surface area (Å²) >= 11 is 0. The quantitative estimate of drug-likeness (QED) is 0.798. The average molecular weight is 295 g/mol. The molecule has 2 heterocycles. The van der Waals surface area contributed by atoms with E-state index in [0.717, 1.165) is 0 Å². The van der Waals surface area contributed by atoms with Crippen LogP contribution < -0.4 is 10.1 Å².